The lowest BCUT2D eigenvalue weighted by molar-refractivity contribution is -0.118. The third-order valence-corrected chi connectivity index (χ3v) is 1.17. The van der Waals surface area contributed by atoms with E-state index < -0.39 is 0 Å². The zero-order valence-corrected chi connectivity index (χ0v) is 7.00. The molecule has 1 atom stereocenters. The molecule has 0 heterocycles. The molecular formula is C6H16N4O. The summed E-state index contributed by atoms with van der Waals surface area (Å²) in [7, 11) is 3.67. The van der Waals surface area contributed by atoms with Gasteiger partial charge in [0.15, 0.2) is 0 Å². The zero-order valence-electron chi connectivity index (χ0n) is 7.00. The molecule has 0 radical (unpaired) electrons. The molecule has 0 saturated carbocycles. The summed E-state index contributed by atoms with van der Waals surface area (Å²) in [4.78, 5) is 10.5. The summed E-state index contributed by atoms with van der Waals surface area (Å²) in [5.74, 6) is -0.338. The van der Waals surface area contributed by atoms with Gasteiger partial charge >= 0.3 is 0 Å². The fraction of sp³-hybridized carbons (Fsp3) is 0.833. The van der Waals surface area contributed by atoms with Crippen LogP contribution in [0.2, 0.25) is 0 Å². The Morgan fingerprint density at radius 2 is 2.18 bits per heavy atom. The summed E-state index contributed by atoms with van der Waals surface area (Å²) >= 11 is 0. The van der Waals surface area contributed by atoms with Crippen LogP contribution in [0.15, 0.2) is 0 Å². The molecule has 0 aliphatic heterocycles. The number of hydrogen-bond donors (Lipinski definition) is 3. The molecule has 5 N–H and O–H groups in total. The first kappa shape index (κ1) is 10.3. The van der Waals surface area contributed by atoms with Crippen molar-refractivity contribution in [1.82, 2.24) is 10.4 Å². The van der Waals surface area contributed by atoms with Gasteiger partial charge in [0.05, 0.1) is 0 Å². The predicted molar refractivity (Wildman–Crippen MR) is 43.5 cm³/mol. The van der Waals surface area contributed by atoms with Crippen molar-refractivity contribution in [1.29, 1.82) is 0 Å². The number of rotatable bonds is 5. The number of nitrogens with two attached hydrogens (primary N) is 2. The lowest BCUT2D eigenvalue weighted by Crippen LogP contribution is -2.46. The second kappa shape index (κ2) is 5.06. The van der Waals surface area contributed by atoms with Crippen LogP contribution in [0.25, 0.3) is 0 Å². The van der Waals surface area contributed by atoms with Gasteiger partial charge in [-0.15, -0.1) is 0 Å². The average molecular weight is 160 g/mol. The molecule has 11 heavy (non-hydrogen) atoms. The molecule has 0 aromatic carbocycles. The van der Waals surface area contributed by atoms with Gasteiger partial charge in [0.25, 0.3) is 0 Å². The van der Waals surface area contributed by atoms with Crippen molar-refractivity contribution >= 4 is 5.91 Å². The van der Waals surface area contributed by atoms with E-state index in [1.807, 2.05) is 14.1 Å². The molecule has 0 rings (SSSR count). The minimum Gasteiger partial charge on any atom is -0.370 e. The molecule has 5 nitrogen and oxygen atoms in total. The Morgan fingerprint density at radius 3 is 2.45 bits per heavy atom. The molecule has 1 amide bonds. The smallest absolute Gasteiger partial charge is 0.219 e. The van der Waals surface area contributed by atoms with Crippen molar-refractivity contribution < 1.29 is 4.79 Å². The largest absolute Gasteiger partial charge is 0.370 e. The first-order valence-corrected chi connectivity index (χ1v) is 3.48. The number of nitrogens with one attached hydrogen (secondary N) is 1. The SMILES string of the molecule is CN(C)NC(CN)CC(N)=O. The molecule has 0 aliphatic rings. The normalized spacial score (nSPS) is 13.5. The summed E-state index contributed by atoms with van der Waals surface area (Å²) < 4.78 is 0. The van der Waals surface area contributed by atoms with Gasteiger partial charge in [-0.2, -0.15) is 0 Å². The lowest BCUT2D eigenvalue weighted by atomic mass is 10.2. The molecule has 0 aromatic rings. The van der Waals surface area contributed by atoms with E-state index in [4.69, 9.17) is 11.5 Å². The van der Waals surface area contributed by atoms with Gasteiger partial charge in [0, 0.05) is 33.1 Å². The van der Waals surface area contributed by atoms with Crippen molar-refractivity contribution in [2.45, 2.75) is 12.5 Å². The molecule has 0 fully saturated rings. The van der Waals surface area contributed by atoms with E-state index in [1.54, 1.807) is 5.01 Å². The van der Waals surface area contributed by atoms with Gasteiger partial charge in [-0.25, -0.2) is 0 Å². The fourth-order valence-electron chi connectivity index (χ4n) is 0.790. The number of carbonyl (C=O) groups is 1. The van der Waals surface area contributed by atoms with E-state index in [1.165, 1.54) is 0 Å². The van der Waals surface area contributed by atoms with Crippen LogP contribution in [0.3, 0.4) is 0 Å². The van der Waals surface area contributed by atoms with Crippen LogP contribution in [0.5, 0.6) is 0 Å². The summed E-state index contributed by atoms with van der Waals surface area (Å²) in [5, 5.41) is 1.75. The molecule has 1 unspecified atom stereocenters. The average Bonchev–Trinajstić information content (AvgIpc) is 1.84. The highest BCUT2D eigenvalue weighted by molar-refractivity contribution is 5.74. The lowest BCUT2D eigenvalue weighted by Gasteiger charge is -2.19. The van der Waals surface area contributed by atoms with E-state index in [0.29, 0.717) is 6.54 Å². The molecule has 0 spiro atoms. The maximum absolute atomic E-state index is 10.5. The number of amides is 1. The Kier molecular flexibility index (Phi) is 4.76. The maximum atomic E-state index is 10.5. The second-order valence-corrected chi connectivity index (χ2v) is 2.63. The summed E-state index contributed by atoms with van der Waals surface area (Å²) in [6.07, 6.45) is 0.272. The van der Waals surface area contributed by atoms with Crippen LogP contribution in [-0.4, -0.2) is 37.6 Å². The maximum Gasteiger partial charge on any atom is 0.219 e. The van der Waals surface area contributed by atoms with Crippen LogP contribution in [-0.2, 0) is 4.79 Å². The van der Waals surface area contributed by atoms with E-state index in [0.717, 1.165) is 0 Å². The standard InChI is InChI=1S/C6H16N4O/c1-10(2)9-5(4-7)3-6(8)11/h5,9H,3-4,7H2,1-2H3,(H2,8,11). The van der Waals surface area contributed by atoms with Crippen LogP contribution < -0.4 is 16.9 Å². The van der Waals surface area contributed by atoms with Gasteiger partial charge in [0.2, 0.25) is 5.91 Å². The molecule has 0 bridgehead atoms. The van der Waals surface area contributed by atoms with Crippen LogP contribution >= 0.6 is 0 Å². The molecule has 0 aliphatic carbocycles. The highest BCUT2D eigenvalue weighted by Crippen LogP contribution is 1.87. The number of hydrazine groups is 1. The number of primary amides is 1. The summed E-state index contributed by atoms with van der Waals surface area (Å²) in [6.45, 7) is 0.404. The Morgan fingerprint density at radius 1 is 1.64 bits per heavy atom. The molecule has 0 saturated heterocycles. The van der Waals surface area contributed by atoms with Gasteiger partial charge in [0.1, 0.15) is 0 Å². The minimum absolute atomic E-state index is 0.0532. The first-order chi connectivity index (χ1) is 5.06. The highest BCUT2D eigenvalue weighted by Gasteiger charge is 2.09. The minimum atomic E-state index is -0.338. The van der Waals surface area contributed by atoms with E-state index >= 15 is 0 Å². The Hall–Kier alpha value is -0.650. The molecular weight excluding hydrogens is 144 g/mol. The summed E-state index contributed by atoms with van der Waals surface area (Å²) in [5.41, 5.74) is 13.3. The fourth-order valence-corrected chi connectivity index (χ4v) is 0.790. The number of carbonyl (C=O) groups excluding carboxylic acids is 1. The summed E-state index contributed by atoms with van der Waals surface area (Å²) in [6, 6.07) is -0.0532. The van der Waals surface area contributed by atoms with Crippen molar-refractivity contribution in [2.24, 2.45) is 11.5 Å². The third-order valence-electron chi connectivity index (χ3n) is 1.17. The van der Waals surface area contributed by atoms with E-state index in [2.05, 4.69) is 5.43 Å². The van der Waals surface area contributed by atoms with Gasteiger partial charge in [-0.3, -0.25) is 15.2 Å². The van der Waals surface area contributed by atoms with E-state index in [9.17, 15) is 4.79 Å². The predicted octanol–water partition coefficient (Wildman–Crippen LogP) is -1.74. The second-order valence-electron chi connectivity index (χ2n) is 2.63. The van der Waals surface area contributed by atoms with Crippen LogP contribution in [0.1, 0.15) is 6.42 Å². The van der Waals surface area contributed by atoms with Gasteiger partial charge in [-0.1, -0.05) is 0 Å². The van der Waals surface area contributed by atoms with Crippen molar-refractivity contribution in [3.8, 4) is 0 Å². The van der Waals surface area contributed by atoms with Crippen LogP contribution in [0.4, 0.5) is 0 Å². The van der Waals surface area contributed by atoms with Crippen molar-refractivity contribution in [3.05, 3.63) is 0 Å². The highest BCUT2D eigenvalue weighted by atomic mass is 16.1. The Labute approximate surface area is 66.7 Å². The number of nitrogens with zero attached hydrogens (tertiary/aromatic N) is 1. The van der Waals surface area contributed by atoms with Crippen molar-refractivity contribution in [2.75, 3.05) is 20.6 Å². The van der Waals surface area contributed by atoms with Crippen LogP contribution in [0, 0.1) is 0 Å². The quantitative estimate of drug-likeness (QED) is 0.417. The zero-order chi connectivity index (χ0) is 8.85. The molecule has 5 heteroatoms. The monoisotopic (exact) mass is 160 g/mol. The third kappa shape index (κ3) is 5.78. The number of hydrogen-bond acceptors (Lipinski definition) is 4. The molecule has 0 aromatic heterocycles. The van der Waals surface area contributed by atoms with Crippen molar-refractivity contribution in [3.63, 3.8) is 0 Å². The Bertz CT molecular complexity index is 126. The van der Waals surface area contributed by atoms with Gasteiger partial charge in [-0.05, 0) is 0 Å². The first-order valence-electron chi connectivity index (χ1n) is 3.48. The van der Waals surface area contributed by atoms with E-state index in [-0.39, 0.29) is 18.4 Å². The Balaban J connectivity index is 3.66. The molecule has 66 valence electrons. The van der Waals surface area contributed by atoms with Gasteiger partial charge < -0.3 is 11.5 Å². The topological polar surface area (TPSA) is 84.4 Å².